The molecule has 0 aliphatic carbocycles. The molecule has 2 heterocycles. The number of halogens is 1. The average molecular weight is 432 g/mol. The molecule has 31 heavy (non-hydrogen) atoms. The quantitative estimate of drug-likeness (QED) is 0.431. The van der Waals surface area contributed by atoms with Gasteiger partial charge in [0.1, 0.15) is 11.6 Å². The van der Waals surface area contributed by atoms with Crippen LogP contribution in [0.25, 0.3) is 11.9 Å². The van der Waals surface area contributed by atoms with Gasteiger partial charge in [0.25, 0.3) is 0 Å². The first-order valence-corrected chi connectivity index (χ1v) is 9.82. The second kappa shape index (κ2) is 9.23. The maximum atomic E-state index is 12.2. The van der Waals surface area contributed by atoms with E-state index in [4.69, 9.17) is 16.3 Å². The molecule has 0 atom stereocenters. The summed E-state index contributed by atoms with van der Waals surface area (Å²) in [4.78, 5) is 20.8. The van der Waals surface area contributed by atoms with Crippen LogP contribution in [0.1, 0.15) is 11.4 Å². The van der Waals surface area contributed by atoms with Gasteiger partial charge in [-0.3, -0.25) is 4.79 Å². The van der Waals surface area contributed by atoms with Gasteiger partial charge in [-0.25, -0.2) is 9.67 Å². The topological polar surface area (TPSA) is 81.9 Å². The van der Waals surface area contributed by atoms with E-state index in [0.29, 0.717) is 34.0 Å². The zero-order valence-corrected chi connectivity index (χ0v) is 17.3. The van der Waals surface area contributed by atoms with Crippen molar-refractivity contribution in [3.8, 4) is 17.4 Å². The van der Waals surface area contributed by atoms with Crippen LogP contribution in [0, 0.1) is 6.92 Å². The van der Waals surface area contributed by atoms with E-state index in [1.165, 1.54) is 6.08 Å². The standard InChI is InChI=1S/C23H18ClN5O2/c1-16-26-21(29-14-4-13-25-29)15-23(27-16)31-19-10-8-18(9-11-19)28-22(30)12-7-17-5-2-3-6-20(17)24/h2-15H,1H3,(H,28,30)/b12-7+. The number of amides is 1. The molecular formula is C23H18ClN5O2. The molecule has 1 amide bonds. The van der Waals surface area contributed by atoms with E-state index in [1.54, 1.807) is 66.5 Å². The van der Waals surface area contributed by atoms with Crippen LogP contribution in [0.5, 0.6) is 11.6 Å². The summed E-state index contributed by atoms with van der Waals surface area (Å²) in [6.07, 6.45) is 6.58. The molecular weight excluding hydrogens is 414 g/mol. The Hall–Kier alpha value is -3.97. The number of carbonyl (C=O) groups excluding carboxylic acids is 1. The van der Waals surface area contributed by atoms with Gasteiger partial charge in [0.15, 0.2) is 5.82 Å². The van der Waals surface area contributed by atoms with E-state index < -0.39 is 0 Å². The van der Waals surface area contributed by atoms with Crippen LogP contribution in [-0.2, 0) is 4.79 Å². The van der Waals surface area contributed by atoms with Crippen molar-refractivity contribution in [3.63, 3.8) is 0 Å². The van der Waals surface area contributed by atoms with Crippen LogP contribution >= 0.6 is 11.6 Å². The molecule has 1 N–H and O–H groups in total. The van der Waals surface area contributed by atoms with Gasteiger partial charge in [-0.05, 0) is 55.0 Å². The Labute approximate surface area is 184 Å². The minimum absolute atomic E-state index is 0.260. The van der Waals surface area contributed by atoms with Gasteiger partial charge in [-0.1, -0.05) is 29.8 Å². The van der Waals surface area contributed by atoms with Crippen molar-refractivity contribution < 1.29 is 9.53 Å². The van der Waals surface area contributed by atoms with E-state index in [-0.39, 0.29) is 5.91 Å². The summed E-state index contributed by atoms with van der Waals surface area (Å²) in [6.45, 7) is 1.79. The Balaban J connectivity index is 1.41. The monoisotopic (exact) mass is 431 g/mol. The summed E-state index contributed by atoms with van der Waals surface area (Å²) in [5, 5.41) is 7.56. The lowest BCUT2D eigenvalue weighted by Gasteiger charge is -2.09. The highest BCUT2D eigenvalue weighted by Gasteiger charge is 2.07. The Kier molecular flexibility index (Phi) is 6.05. The van der Waals surface area contributed by atoms with Crippen molar-refractivity contribution in [2.24, 2.45) is 0 Å². The van der Waals surface area contributed by atoms with E-state index >= 15 is 0 Å². The summed E-state index contributed by atoms with van der Waals surface area (Å²) in [7, 11) is 0. The highest BCUT2D eigenvalue weighted by molar-refractivity contribution is 6.32. The van der Waals surface area contributed by atoms with Crippen LogP contribution in [-0.4, -0.2) is 25.7 Å². The second-order valence-corrected chi connectivity index (χ2v) is 6.94. The number of aromatic nitrogens is 4. The predicted molar refractivity (Wildman–Crippen MR) is 120 cm³/mol. The highest BCUT2D eigenvalue weighted by Crippen LogP contribution is 2.23. The van der Waals surface area contributed by atoms with Crippen molar-refractivity contribution in [2.75, 3.05) is 5.32 Å². The van der Waals surface area contributed by atoms with E-state index in [9.17, 15) is 4.79 Å². The third kappa shape index (κ3) is 5.34. The number of aryl methyl sites for hydroxylation is 1. The Morgan fingerprint density at radius 3 is 2.65 bits per heavy atom. The summed E-state index contributed by atoms with van der Waals surface area (Å²) in [5.41, 5.74) is 1.41. The number of hydrogen-bond acceptors (Lipinski definition) is 5. The van der Waals surface area contributed by atoms with Crippen molar-refractivity contribution in [2.45, 2.75) is 6.92 Å². The molecule has 0 spiro atoms. The molecule has 0 aliphatic rings. The van der Waals surface area contributed by atoms with Gasteiger partial charge >= 0.3 is 0 Å². The Bertz CT molecular complexity index is 1220. The lowest BCUT2D eigenvalue weighted by Crippen LogP contribution is -2.07. The Morgan fingerprint density at radius 1 is 1.10 bits per heavy atom. The number of anilines is 1. The van der Waals surface area contributed by atoms with Crippen LogP contribution in [0.4, 0.5) is 5.69 Å². The Morgan fingerprint density at radius 2 is 1.90 bits per heavy atom. The van der Waals surface area contributed by atoms with Gasteiger partial charge in [-0.2, -0.15) is 10.1 Å². The zero-order valence-electron chi connectivity index (χ0n) is 16.6. The second-order valence-electron chi connectivity index (χ2n) is 6.53. The van der Waals surface area contributed by atoms with Gasteiger partial charge in [0.2, 0.25) is 11.8 Å². The van der Waals surface area contributed by atoms with E-state index in [1.807, 2.05) is 24.3 Å². The lowest BCUT2D eigenvalue weighted by atomic mass is 10.2. The largest absolute Gasteiger partial charge is 0.439 e. The molecule has 0 bridgehead atoms. The summed E-state index contributed by atoms with van der Waals surface area (Å²) in [5.74, 6) is 1.90. The lowest BCUT2D eigenvalue weighted by molar-refractivity contribution is -0.111. The van der Waals surface area contributed by atoms with Crippen molar-refractivity contribution in [1.82, 2.24) is 19.7 Å². The molecule has 0 radical (unpaired) electrons. The van der Waals surface area contributed by atoms with Crippen molar-refractivity contribution >= 4 is 29.3 Å². The van der Waals surface area contributed by atoms with Crippen LogP contribution < -0.4 is 10.1 Å². The molecule has 2 aromatic heterocycles. The van der Waals surface area contributed by atoms with Gasteiger partial charge in [0.05, 0.1) is 0 Å². The molecule has 0 saturated heterocycles. The molecule has 4 aromatic rings. The fourth-order valence-electron chi connectivity index (χ4n) is 2.79. The average Bonchev–Trinajstić information content (AvgIpc) is 3.29. The molecule has 0 fully saturated rings. The van der Waals surface area contributed by atoms with Gasteiger partial charge in [-0.15, -0.1) is 0 Å². The molecule has 0 aliphatic heterocycles. The third-order valence-electron chi connectivity index (χ3n) is 4.20. The fraction of sp³-hybridized carbons (Fsp3) is 0.0435. The first kappa shape index (κ1) is 20.3. The summed E-state index contributed by atoms with van der Waals surface area (Å²) < 4.78 is 7.48. The number of hydrogen-bond donors (Lipinski definition) is 1. The van der Waals surface area contributed by atoms with Crippen LogP contribution in [0.3, 0.4) is 0 Å². The number of ether oxygens (including phenoxy) is 1. The zero-order chi connectivity index (χ0) is 21.6. The SMILES string of the molecule is Cc1nc(Oc2ccc(NC(=O)/C=C/c3ccccc3Cl)cc2)cc(-n2cccn2)n1. The van der Waals surface area contributed by atoms with E-state index in [2.05, 4.69) is 20.4 Å². The van der Waals surface area contributed by atoms with Crippen LogP contribution in [0.15, 0.2) is 79.1 Å². The smallest absolute Gasteiger partial charge is 0.248 e. The molecule has 4 rings (SSSR count). The van der Waals surface area contributed by atoms with Crippen molar-refractivity contribution in [3.05, 3.63) is 95.5 Å². The predicted octanol–water partition coefficient (Wildman–Crippen LogP) is 5.07. The molecule has 0 saturated carbocycles. The number of rotatable bonds is 6. The first-order valence-electron chi connectivity index (χ1n) is 9.44. The number of nitrogens with zero attached hydrogens (tertiary/aromatic N) is 4. The van der Waals surface area contributed by atoms with E-state index in [0.717, 1.165) is 5.56 Å². The van der Waals surface area contributed by atoms with Gasteiger partial charge < -0.3 is 10.1 Å². The summed E-state index contributed by atoms with van der Waals surface area (Å²) in [6, 6.07) is 17.8. The normalized spacial score (nSPS) is 10.9. The maximum absolute atomic E-state index is 12.2. The number of carbonyl (C=O) groups is 1. The fourth-order valence-corrected chi connectivity index (χ4v) is 2.98. The number of benzene rings is 2. The number of nitrogens with one attached hydrogen (secondary N) is 1. The highest BCUT2D eigenvalue weighted by atomic mass is 35.5. The minimum atomic E-state index is -0.260. The minimum Gasteiger partial charge on any atom is -0.439 e. The van der Waals surface area contributed by atoms with Gasteiger partial charge in [0, 0.05) is 35.2 Å². The third-order valence-corrected chi connectivity index (χ3v) is 4.55. The molecule has 2 aromatic carbocycles. The molecule has 8 heteroatoms. The molecule has 154 valence electrons. The first-order chi connectivity index (χ1) is 15.1. The maximum Gasteiger partial charge on any atom is 0.248 e. The molecule has 7 nitrogen and oxygen atoms in total. The van der Waals surface area contributed by atoms with Crippen LogP contribution in [0.2, 0.25) is 5.02 Å². The molecule has 0 unspecified atom stereocenters. The summed E-state index contributed by atoms with van der Waals surface area (Å²) >= 11 is 6.09. The van der Waals surface area contributed by atoms with Crippen molar-refractivity contribution in [1.29, 1.82) is 0 Å².